The molecule has 0 unspecified atom stereocenters. The van der Waals surface area contributed by atoms with E-state index in [0.717, 1.165) is 10.4 Å². The summed E-state index contributed by atoms with van der Waals surface area (Å²) in [6.45, 7) is 21.9. The lowest BCUT2D eigenvalue weighted by Gasteiger charge is -2.57. The highest BCUT2D eigenvalue weighted by Gasteiger charge is 2.62. The standard InChI is InChI=1S/C36H51NO7Si2/c1-25(23-42-45(8,9)34(2,3)4)20-29(38)32-33-31(40-24-41-32)26-21-30(39)37-36(22-26,43-33)44-46(35(5,6)7,27-16-12-10-13-17-27)28-18-14-11-15-19-28/h10-19,26,31-33H,1,20-24H2,2-9H3,(H,37,39)/t26-,31-,32+,33+,36-/m0/s1. The first-order chi connectivity index (χ1) is 21.5. The molecular formula is C36H51NO7Si2. The van der Waals surface area contributed by atoms with Crippen LogP contribution in [0.4, 0.5) is 0 Å². The molecule has 0 aromatic heterocycles. The monoisotopic (exact) mass is 665 g/mol. The first-order valence-electron chi connectivity index (χ1n) is 16.3. The van der Waals surface area contributed by atoms with Crippen molar-refractivity contribution in [2.75, 3.05) is 13.4 Å². The molecule has 5 rings (SSSR count). The fourth-order valence-corrected chi connectivity index (χ4v) is 12.4. The number of carbonyl (C=O) groups is 2. The van der Waals surface area contributed by atoms with Crippen LogP contribution in [-0.4, -0.2) is 65.9 Å². The topological polar surface area (TPSA) is 92.3 Å². The largest absolute Gasteiger partial charge is 0.413 e. The molecule has 1 N–H and O–H groups in total. The van der Waals surface area contributed by atoms with Crippen LogP contribution >= 0.6 is 0 Å². The molecule has 0 aliphatic carbocycles. The molecule has 2 aromatic carbocycles. The molecular weight excluding hydrogens is 615 g/mol. The van der Waals surface area contributed by atoms with Crippen molar-refractivity contribution in [3.05, 3.63) is 72.8 Å². The van der Waals surface area contributed by atoms with E-state index in [-0.39, 0.29) is 47.3 Å². The Morgan fingerprint density at radius 1 is 0.935 bits per heavy atom. The Morgan fingerprint density at radius 3 is 2.07 bits per heavy atom. The minimum absolute atomic E-state index is 0.0471. The summed E-state index contributed by atoms with van der Waals surface area (Å²) >= 11 is 0. The molecule has 0 saturated carbocycles. The van der Waals surface area contributed by atoms with Gasteiger partial charge in [0, 0.05) is 25.2 Å². The molecule has 5 atom stereocenters. The average Bonchev–Trinajstić information content (AvgIpc) is 2.98. The number of benzene rings is 2. The molecule has 3 fully saturated rings. The molecule has 0 spiro atoms. The van der Waals surface area contributed by atoms with Gasteiger partial charge in [0.2, 0.25) is 11.8 Å². The first kappa shape index (κ1) is 34.9. The van der Waals surface area contributed by atoms with E-state index in [1.54, 1.807) is 0 Å². The molecule has 3 saturated heterocycles. The third-order valence-corrected chi connectivity index (χ3v) is 19.7. The number of fused-ring (bicyclic) bond motifs is 4. The van der Waals surface area contributed by atoms with E-state index < -0.39 is 40.9 Å². The third-order valence-electron chi connectivity index (χ3n) is 10.1. The summed E-state index contributed by atoms with van der Waals surface area (Å²) in [6.07, 6.45) is -1.40. The molecule has 8 nitrogen and oxygen atoms in total. The molecule has 250 valence electrons. The zero-order chi connectivity index (χ0) is 33.5. The van der Waals surface area contributed by atoms with Crippen molar-refractivity contribution in [2.24, 2.45) is 5.92 Å². The van der Waals surface area contributed by atoms with Gasteiger partial charge in [0.25, 0.3) is 8.32 Å². The molecule has 3 aliphatic rings. The van der Waals surface area contributed by atoms with Gasteiger partial charge in [-0.25, -0.2) is 0 Å². The SMILES string of the molecule is C=C(CO[Si](C)(C)C(C)(C)C)CC(=O)[C@H]1OCO[C@H]2[C@H]3CC(=O)N[C@@](O[Si](c4ccccc4)(c4ccccc4)C(C)(C)C)(C3)O[C@H]21. The van der Waals surface area contributed by atoms with Crippen LogP contribution in [0.1, 0.15) is 60.8 Å². The van der Waals surface area contributed by atoms with Crippen molar-refractivity contribution in [1.82, 2.24) is 5.32 Å². The van der Waals surface area contributed by atoms with E-state index in [9.17, 15) is 9.59 Å². The van der Waals surface area contributed by atoms with Crippen molar-refractivity contribution in [1.29, 1.82) is 0 Å². The van der Waals surface area contributed by atoms with Gasteiger partial charge in [0.05, 0.1) is 12.7 Å². The van der Waals surface area contributed by atoms with Crippen LogP contribution in [0, 0.1) is 5.92 Å². The summed E-state index contributed by atoms with van der Waals surface area (Å²) in [6, 6.07) is 20.5. The molecule has 3 aliphatic heterocycles. The maximum absolute atomic E-state index is 13.9. The number of ketones is 1. The lowest BCUT2D eigenvalue weighted by molar-refractivity contribution is -0.353. The maximum Gasteiger partial charge on any atom is 0.267 e. The summed E-state index contributed by atoms with van der Waals surface area (Å²) < 4.78 is 32.7. The van der Waals surface area contributed by atoms with Gasteiger partial charge in [-0.2, -0.15) is 0 Å². The number of hydrogen-bond acceptors (Lipinski definition) is 7. The van der Waals surface area contributed by atoms with Gasteiger partial charge in [0.15, 0.2) is 14.1 Å². The normalized spacial score (nSPS) is 27.0. The van der Waals surface area contributed by atoms with Crippen molar-refractivity contribution < 1.29 is 32.7 Å². The van der Waals surface area contributed by atoms with Gasteiger partial charge in [0.1, 0.15) is 19.0 Å². The Hall–Kier alpha value is -2.45. The summed E-state index contributed by atoms with van der Waals surface area (Å²) in [5, 5.41) is 4.92. The Labute approximate surface area is 276 Å². The van der Waals surface area contributed by atoms with Crippen LogP contribution in [0.15, 0.2) is 72.8 Å². The quantitative estimate of drug-likeness (QED) is 0.268. The molecule has 10 heteroatoms. The van der Waals surface area contributed by atoms with E-state index in [2.05, 4.69) is 90.8 Å². The average molecular weight is 666 g/mol. The predicted molar refractivity (Wildman–Crippen MR) is 184 cm³/mol. The zero-order valence-corrected chi connectivity index (χ0v) is 30.7. The number of piperidine rings is 1. The van der Waals surface area contributed by atoms with E-state index in [1.807, 2.05) is 36.4 Å². The van der Waals surface area contributed by atoms with Gasteiger partial charge in [-0.3, -0.25) is 9.59 Å². The van der Waals surface area contributed by atoms with Crippen LogP contribution in [-0.2, 0) is 32.7 Å². The number of hydrogen-bond donors (Lipinski definition) is 1. The van der Waals surface area contributed by atoms with Crippen molar-refractivity contribution in [3.63, 3.8) is 0 Å². The van der Waals surface area contributed by atoms with Gasteiger partial charge in [-0.1, -0.05) is 109 Å². The second-order valence-electron chi connectivity index (χ2n) is 15.6. The van der Waals surface area contributed by atoms with Crippen molar-refractivity contribution >= 4 is 38.7 Å². The van der Waals surface area contributed by atoms with E-state index in [4.69, 9.17) is 23.1 Å². The van der Waals surface area contributed by atoms with E-state index >= 15 is 0 Å². The van der Waals surface area contributed by atoms with Crippen molar-refractivity contribution in [2.45, 2.75) is 108 Å². The molecule has 0 radical (unpaired) electrons. The molecule has 3 heterocycles. The fraction of sp³-hybridized carbons (Fsp3) is 0.556. The summed E-state index contributed by atoms with van der Waals surface area (Å²) in [5.74, 6) is -2.00. The second-order valence-corrected chi connectivity index (χ2v) is 24.6. The number of amides is 1. The molecule has 2 aromatic rings. The number of rotatable bonds is 10. The van der Waals surface area contributed by atoms with Crippen LogP contribution < -0.4 is 15.7 Å². The molecule has 1 amide bonds. The van der Waals surface area contributed by atoms with Gasteiger partial charge in [-0.15, -0.1) is 0 Å². The third kappa shape index (κ3) is 6.76. The Morgan fingerprint density at radius 2 is 1.52 bits per heavy atom. The lowest BCUT2D eigenvalue weighted by atomic mass is 9.81. The fourth-order valence-electron chi connectivity index (χ4n) is 6.75. The van der Waals surface area contributed by atoms with E-state index in [0.29, 0.717) is 18.6 Å². The maximum atomic E-state index is 13.9. The van der Waals surface area contributed by atoms with Crippen LogP contribution in [0.5, 0.6) is 0 Å². The van der Waals surface area contributed by atoms with Gasteiger partial charge >= 0.3 is 0 Å². The van der Waals surface area contributed by atoms with Gasteiger partial charge < -0.3 is 28.4 Å². The van der Waals surface area contributed by atoms with Crippen LogP contribution in [0.2, 0.25) is 23.2 Å². The Balaban J connectivity index is 1.47. The first-order valence-corrected chi connectivity index (χ1v) is 21.2. The Kier molecular flexibility index (Phi) is 9.76. The van der Waals surface area contributed by atoms with Gasteiger partial charge in [-0.05, 0) is 39.1 Å². The summed E-state index contributed by atoms with van der Waals surface area (Å²) in [4.78, 5) is 27.2. The molecule has 46 heavy (non-hydrogen) atoms. The number of Topliss-reactive ketones (excluding diaryl/α,β-unsaturated/α-hetero) is 1. The molecule has 2 bridgehead atoms. The van der Waals surface area contributed by atoms with Crippen LogP contribution in [0.25, 0.3) is 0 Å². The van der Waals surface area contributed by atoms with E-state index in [1.165, 1.54) is 0 Å². The van der Waals surface area contributed by atoms with Crippen molar-refractivity contribution in [3.8, 4) is 0 Å². The summed E-state index contributed by atoms with van der Waals surface area (Å²) in [7, 11) is -5.18. The highest BCUT2D eigenvalue weighted by molar-refractivity contribution is 6.99. The zero-order valence-electron chi connectivity index (χ0n) is 28.7. The number of carbonyl (C=O) groups excluding carboxylic acids is 2. The Bertz CT molecular complexity index is 1380. The highest BCUT2D eigenvalue weighted by atomic mass is 28.4. The number of nitrogens with one attached hydrogen (secondary N) is 1. The van der Waals surface area contributed by atoms with Crippen LogP contribution in [0.3, 0.4) is 0 Å². The second kappa shape index (κ2) is 12.9. The number of ether oxygens (including phenoxy) is 3. The smallest absolute Gasteiger partial charge is 0.267 e. The minimum Gasteiger partial charge on any atom is -0.413 e. The minimum atomic E-state index is -3.16. The summed E-state index contributed by atoms with van der Waals surface area (Å²) in [5.41, 5.74) is 0.698. The highest BCUT2D eigenvalue weighted by Crippen LogP contribution is 2.47. The lowest BCUT2D eigenvalue weighted by Crippen LogP contribution is -2.77. The predicted octanol–water partition coefficient (Wildman–Crippen LogP) is 5.42.